The van der Waals surface area contributed by atoms with Gasteiger partial charge in [-0.1, -0.05) is 0 Å². The molecule has 54 heavy (non-hydrogen) atoms. The second-order valence-corrected chi connectivity index (χ2v) is 20.1. The smallest absolute Gasteiger partial charge is 0.390 e. The lowest BCUT2D eigenvalue weighted by atomic mass is 9.80. The Morgan fingerprint density at radius 3 is 1.46 bits per heavy atom. The quantitative estimate of drug-likeness (QED) is 0.174. The highest BCUT2D eigenvalue weighted by molar-refractivity contribution is 7.47. The summed E-state index contributed by atoms with van der Waals surface area (Å²) in [6.45, 7) is 19.7. The third-order valence-corrected chi connectivity index (χ3v) is 12.2. The maximum atomic E-state index is 11.5. The number of methoxy groups -OCH3 is 2. The van der Waals surface area contributed by atoms with Crippen molar-refractivity contribution >= 4 is 15.6 Å². The zero-order valence-corrected chi connectivity index (χ0v) is 36.5. The standard InChI is InChI=1S/C17H34NO8P.C10H21NO2.C7H15O6P/c1-11-15(14(19)13(25-11)10-24-27(20,21)23-7)26-18-16(2,3)8-12(22-6)9-17(18,4)5;1-9(2)6-8(13-5)7-10(3,4)11(9)12;1-5-3-6(8)7(13-5)4-12-14(9,10)11-2/h11-15,19H,8-10H2,1-7H3,(H,20,21);8,12H,6-7H2,1-5H3;5-8H,3-4H2,1-2H3,(H,9,10). The molecule has 18 nitrogen and oxygen atoms in total. The summed E-state index contributed by atoms with van der Waals surface area (Å²) in [6, 6.07) is 0. The highest BCUT2D eigenvalue weighted by Gasteiger charge is 2.52. The van der Waals surface area contributed by atoms with Gasteiger partial charge in [0.25, 0.3) is 0 Å². The molecule has 9 unspecified atom stereocenters. The number of aliphatic hydroxyl groups is 2. The molecule has 4 rings (SSSR count). The summed E-state index contributed by atoms with van der Waals surface area (Å²) in [5.41, 5.74) is -1.01. The zero-order chi connectivity index (χ0) is 41.7. The Kier molecular flexibility index (Phi) is 18.2. The largest absolute Gasteiger partial charge is 0.472 e. The summed E-state index contributed by atoms with van der Waals surface area (Å²) in [5, 5.41) is 33.4. The molecule has 0 amide bonds. The minimum atomic E-state index is -4.14. The van der Waals surface area contributed by atoms with Crippen LogP contribution in [0.15, 0.2) is 0 Å². The zero-order valence-electron chi connectivity index (χ0n) is 34.7. The van der Waals surface area contributed by atoms with Crippen molar-refractivity contribution in [2.24, 2.45) is 0 Å². The average Bonchev–Trinajstić information content (AvgIpc) is 3.53. The molecule has 4 saturated heterocycles. The number of hydroxylamine groups is 4. The Hall–Kier alpha value is -0.180. The Balaban J connectivity index is 0.000000312. The van der Waals surface area contributed by atoms with Gasteiger partial charge in [0.05, 0.1) is 43.7 Å². The normalized spacial score (nSPS) is 34.9. The first-order chi connectivity index (χ1) is 24.6. The van der Waals surface area contributed by atoms with Crippen LogP contribution in [0.1, 0.15) is 101 Å². The van der Waals surface area contributed by atoms with Crippen molar-refractivity contribution in [3.05, 3.63) is 0 Å². The Morgan fingerprint density at radius 1 is 0.685 bits per heavy atom. The predicted octanol–water partition coefficient (Wildman–Crippen LogP) is 4.20. The summed E-state index contributed by atoms with van der Waals surface area (Å²) in [4.78, 5) is 24.6. The molecule has 4 aliphatic rings. The highest BCUT2D eigenvalue weighted by Crippen LogP contribution is 2.45. The minimum absolute atomic E-state index is 0.0563. The van der Waals surface area contributed by atoms with Crippen molar-refractivity contribution < 1.29 is 76.2 Å². The van der Waals surface area contributed by atoms with E-state index in [1.54, 1.807) is 21.1 Å². The van der Waals surface area contributed by atoms with Crippen LogP contribution in [-0.4, -0.2) is 154 Å². The fourth-order valence-electron chi connectivity index (χ4n) is 7.83. The number of nitrogens with zero attached hydrogens (tertiary/aromatic N) is 2. The first-order valence-electron chi connectivity index (χ1n) is 18.3. The Morgan fingerprint density at radius 2 is 1.09 bits per heavy atom. The van der Waals surface area contributed by atoms with Crippen LogP contribution in [0.25, 0.3) is 0 Å². The van der Waals surface area contributed by atoms with E-state index in [1.807, 2.05) is 39.7 Å². The van der Waals surface area contributed by atoms with Gasteiger partial charge in [0.2, 0.25) is 0 Å². The van der Waals surface area contributed by atoms with Crippen LogP contribution >= 0.6 is 15.6 Å². The molecular weight excluding hydrogens is 754 g/mol. The lowest BCUT2D eigenvalue weighted by Gasteiger charge is -2.54. The van der Waals surface area contributed by atoms with E-state index in [4.69, 9.17) is 33.2 Å². The lowest BCUT2D eigenvalue weighted by Crippen LogP contribution is -2.63. The van der Waals surface area contributed by atoms with Crippen LogP contribution in [-0.2, 0) is 51.0 Å². The summed E-state index contributed by atoms with van der Waals surface area (Å²) in [5.74, 6) is 0. The van der Waals surface area contributed by atoms with Crippen molar-refractivity contribution in [2.75, 3.05) is 41.7 Å². The van der Waals surface area contributed by atoms with Gasteiger partial charge in [-0.15, -0.1) is 0 Å². The topological polar surface area (TPSA) is 225 Å². The van der Waals surface area contributed by atoms with Crippen molar-refractivity contribution in [2.45, 2.75) is 178 Å². The molecule has 4 fully saturated rings. The number of ether oxygens (including phenoxy) is 4. The van der Waals surface area contributed by atoms with E-state index in [-0.39, 0.29) is 53.7 Å². The first-order valence-corrected chi connectivity index (χ1v) is 21.3. The molecule has 322 valence electrons. The van der Waals surface area contributed by atoms with Gasteiger partial charge in [-0.3, -0.25) is 22.9 Å². The molecule has 5 N–H and O–H groups in total. The lowest BCUT2D eigenvalue weighted by molar-refractivity contribution is -0.326. The van der Waals surface area contributed by atoms with Gasteiger partial charge >= 0.3 is 15.6 Å². The van der Waals surface area contributed by atoms with Crippen LogP contribution in [0.3, 0.4) is 0 Å². The first kappa shape index (κ1) is 50.0. The molecule has 9 atom stereocenters. The average molecular weight is 825 g/mol. The maximum Gasteiger partial charge on any atom is 0.472 e. The monoisotopic (exact) mass is 824 g/mol. The predicted molar refractivity (Wildman–Crippen MR) is 198 cm³/mol. The molecule has 0 aliphatic carbocycles. The van der Waals surface area contributed by atoms with E-state index >= 15 is 0 Å². The second kappa shape index (κ2) is 19.7. The number of phosphoric ester groups is 2. The van der Waals surface area contributed by atoms with Gasteiger partial charge in [0, 0.05) is 57.0 Å². The summed E-state index contributed by atoms with van der Waals surface area (Å²) < 4.78 is 62.3. The molecule has 4 heterocycles. The summed E-state index contributed by atoms with van der Waals surface area (Å²) in [6.07, 6.45) is 0.132. The number of aliphatic hydroxyl groups excluding tert-OH is 2. The number of hydrogen-bond donors (Lipinski definition) is 5. The van der Waals surface area contributed by atoms with E-state index in [1.165, 1.54) is 5.06 Å². The maximum absolute atomic E-state index is 11.5. The Labute approximate surface area is 321 Å². The molecule has 4 aliphatic heterocycles. The van der Waals surface area contributed by atoms with Crippen LogP contribution in [0, 0.1) is 0 Å². The SMILES string of the molecule is COC1CC(C)(C)N(O)C(C)(C)C1.COC1CC(C)(C)N(OC2C(C)OC(COP(=O)(O)OC)C2O)C(C)(C)C1.COP(=O)(O)OCC1OC(C)CC1O. The van der Waals surface area contributed by atoms with Crippen LogP contribution < -0.4 is 0 Å². The summed E-state index contributed by atoms with van der Waals surface area (Å²) in [7, 11) is -2.48. The van der Waals surface area contributed by atoms with E-state index in [9.17, 15) is 29.4 Å². The third kappa shape index (κ3) is 14.0. The summed E-state index contributed by atoms with van der Waals surface area (Å²) >= 11 is 0. The molecule has 20 heteroatoms. The van der Waals surface area contributed by atoms with E-state index in [2.05, 4.69) is 41.3 Å². The van der Waals surface area contributed by atoms with Gasteiger partial charge in [-0.05, 0) is 94.9 Å². The number of phosphoric acid groups is 2. The fraction of sp³-hybridized carbons (Fsp3) is 1.00. The number of hydrogen-bond acceptors (Lipinski definition) is 16. The van der Waals surface area contributed by atoms with Crippen molar-refractivity contribution in [1.82, 2.24) is 10.1 Å². The van der Waals surface area contributed by atoms with Crippen LogP contribution in [0.4, 0.5) is 0 Å². The molecule has 0 aromatic carbocycles. The number of rotatable bonds is 12. The molecule has 0 saturated carbocycles. The van der Waals surface area contributed by atoms with Gasteiger partial charge in [0.15, 0.2) is 0 Å². The van der Waals surface area contributed by atoms with Crippen molar-refractivity contribution in [3.63, 3.8) is 0 Å². The van der Waals surface area contributed by atoms with Crippen LogP contribution in [0.5, 0.6) is 0 Å². The van der Waals surface area contributed by atoms with Gasteiger partial charge in [-0.25, -0.2) is 9.13 Å². The minimum Gasteiger partial charge on any atom is -0.390 e. The number of piperidine rings is 2. The highest BCUT2D eigenvalue weighted by atomic mass is 31.2. The van der Waals surface area contributed by atoms with Crippen molar-refractivity contribution in [1.29, 1.82) is 0 Å². The molecular formula is C34H70N2O16P2. The Bertz CT molecular complexity index is 1220. The molecule has 0 bridgehead atoms. The third-order valence-electron chi connectivity index (χ3n) is 10.3. The van der Waals surface area contributed by atoms with E-state index in [0.717, 1.165) is 39.9 Å². The van der Waals surface area contributed by atoms with Gasteiger partial charge < -0.3 is 44.2 Å². The van der Waals surface area contributed by atoms with E-state index < -0.39 is 52.3 Å². The van der Waals surface area contributed by atoms with Crippen LogP contribution in [0.2, 0.25) is 0 Å². The van der Waals surface area contributed by atoms with Gasteiger partial charge in [0.1, 0.15) is 24.4 Å². The molecule has 0 aromatic heterocycles. The van der Waals surface area contributed by atoms with Gasteiger partial charge in [-0.2, -0.15) is 10.1 Å². The molecule has 0 aromatic rings. The van der Waals surface area contributed by atoms with Crippen molar-refractivity contribution in [3.8, 4) is 0 Å². The second-order valence-electron chi connectivity index (χ2n) is 17.0. The fourth-order valence-corrected chi connectivity index (χ4v) is 8.71. The van der Waals surface area contributed by atoms with E-state index in [0.29, 0.717) is 6.42 Å². The molecule has 0 radical (unpaired) electrons. The molecule has 0 spiro atoms.